The van der Waals surface area contributed by atoms with Crippen LogP contribution in [0.3, 0.4) is 0 Å². The van der Waals surface area contributed by atoms with E-state index in [1.165, 1.54) is 0 Å². The van der Waals surface area contributed by atoms with Crippen molar-refractivity contribution in [2.24, 2.45) is 5.92 Å². The van der Waals surface area contributed by atoms with Gasteiger partial charge in [-0.2, -0.15) is 0 Å². The SMILES string of the molecule is CC1CNCCC1Oc1ccc2c(c1)OCCO2. The zero-order chi connectivity index (χ0) is 12.4. The van der Waals surface area contributed by atoms with Gasteiger partial charge in [0.1, 0.15) is 25.1 Å². The Labute approximate surface area is 107 Å². The van der Waals surface area contributed by atoms with E-state index in [-0.39, 0.29) is 6.10 Å². The van der Waals surface area contributed by atoms with Crippen LogP contribution in [-0.4, -0.2) is 32.4 Å². The van der Waals surface area contributed by atoms with E-state index >= 15 is 0 Å². The third kappa shape index (κ3) is 2.38. The van der Waals surface area contributed by atoms with Gasteiger partial charge in [0.05, 0.1) is 0 Å². The molecule has 1 aromatic carbocycles. The van der Waals surface area contributed by atoms with E-state index in [0.29, 0.717) is 19.1 Å². The maximum atomic E-state index is 6.06. The topological polar surface area (TPSA) is 39.7 Å². The van der Waals surface area contributed by atoms with Crippen molar-refractivity contribution in [1.82, 2.24) is 5.32 Å². The minimum absolute atomic E-state index is 0.286. The number of hydrogen-bond acceptors (Lipinski definition) is 4. The molecule has 0 spiro atoms. The molecule has 1 fully saturated rings. The smallest absolute Gasteiger partial charge is 0.165 e. The number of benzene rings is 1. The van der Waals surface area contributed by atoms with Crippen molar-refractivity contribution >= 4 is 0 Å². The van der Waals surface area contributed by atoms with E-state index in [1.807, 2.05) is 18.2 Å². The van der Waals surface area contributed by atoms with E-state index in [0.717, 1.165) is 36.8 Å². The van der Waals surface area contributed by atoms with Gasteiger partial charge in [-0.15, -0.1) is 0 Å². The zero-order valence-corrected chi connectivity index (χ0v) is 10.6. The molecule has 0 radical (unpaired) electrons. The number of rotatable bonds is 2. The van der Waals surface area contributed by atoms with Crippen LogP contribution in [0.25, 0.3) is 0 Å². The van der Waals surface area contributed by atoms with Crippen molar-refractivity contribution in [3.05, 3.63) is 18.2 Å². The summed E-state index contributed by atoms with van der Waals surface area (Å²) in [6.07, 6.45) is 1.34. The first-order valence-electron chi connectivity index (χ1n) is 6.60. The molecule has 0 aromatic heterocycles. The molecule has 0 amide bonds. The van der Waals surface area contributed by atoms with Crippen molar-refractivity contribution < 1.29 is 14.2 Å². The summed E-state index contributed by atoms with van der Waals surface area (Å²) in [5.74, 6) is 3.01. The fourth-order valence-corrected chi connectivity index (χ4v) is 2.44. The molecule has 2 unspecified atom stereocenters. The van der Waals surface area contributed by atoms with Crippen molar-refractivity contribution in [3.63, 3.8) is 0 Å². The molecule has 2 aliphatic heterocycles. The molecule has 2 heterocycles. The first-order chi connectivity index (χ1) is 8.83. The number of piperidine rings is 1. The zero-order valence-electron chi connectivity index (χ0n) is 10.6. The Balaban J connectivity index is 1.72. The predicted octanol–water partition coefficient (Wildman–Crippen LogP) is 1.83. The van der Waals surface area contributed by atoms with Gasteiger partial charge in [-0.05, 0) is 25.1 Å². The molecular weight excluding hydrogens is 230 g/mol. The molecule has 1 saturated heterocycles. The molecular formula is C14H19NO3. The lowest BCUT2D eigenvalue weighted by molar-refractivity contribution is 0.110. The summed E-state index contributed by atoms with van der Waals surface area (Å²) in [6, 6.07) is 5.82. The Morgan fingerprint density at radius 2 is 2.06 bits per heavy atom. The van der Waals surface area contributed by atoms with Crippen molar-refractivity contribution in [3.8, 4) is 17.2 Å². The summed E-state index contributed by atoms with van der Waals surface area (Å²) in [7, 11) is 0. The van der Waals surface area contributed by atoms with Crippen LogP contribution in [0, 0.1) is 5.92 Å². The second-order valence-electron chi connectivity index (χ2n) is 4.93. The normalized spacial score (nSPS) is 26.7. The Morgan fingerprint density at radius 3 is 2.89 bits per heavy atom. The third-order valence-electron chi connectivity index (χ3n) is 3.51. The van der Waals surface area contributed by atoms with Gasteiger partial charge in [-0.1, -0.05) is 6.92 Å². The van der Waals surface area contributed by atoms with Gasteiger partial charge < -0.3 is 19.5 Å². The van der Waals surface area contributed by atoms with Crippen molar-refractivity contribution in [2.75, 3.05) is 26.3 Å². The van der Waals surface area contributed by atoms with Crippen molar-refractivity contribution in [2.45, 2.75) is 19.4 Å². The summed E-state index contributed by atoms with van der Waals surface area (Å²) < 4.78 is 17.1. The van der Waals surface area contributed by atoms with Crippen LogP contribution in [0.15, 0.2) is 18.2 Å². The highest BCUT2D eigenvalue weighted by molar-refractivity contribution is 5.46. The standard InChI is InChI=1S/C14H19NO3/c1-10-9-15-5-4-12(10)18-11-2-3-13-14(8-11)17-7-6-16-13/h2-3,8,10,12,15H,4-7,9H2,1H3. The van der Waals surface area contributed by atoms with E-state index in [2.05, 4.69) is 12.2 Å². The Hall–Kier alpha value is -1.42. The Kier molecular flexibility index (Phi) is 3.28. The summed E-state index contributed by atoms with van der Waals surface area (Å²) in [6.45, 7) is 5.50. The maximum absolute atomic E-state index is 6.06. The van der Waals surface area contributed by atoms with E-state index < -0.39 is 0 Å². The molecule has 0 bridgehead atoms. The van der Waals surface area contributed by atoms with E-state index in [9.17, 15) is 0 Å². The van der Waals surface area contributed by atoms with Crippen molar-refractivity contribution in [1.29, 1.82) is 0 Å². The molecule has 1 aromatic rings. The molecule has 0 aliphatic carbocycles. The molecule has 2 aliphatic rings. The van der Waals surface area contributed by atoms with Gasteiger partial charge in [-0.25, -0.2) is 0 Å². The first kappa shape index (κ1) is 11.7. The quantitative estimate of drug-likeness (QED) is 0.868. The predicted molar refractivity (Wildman–Crippen MR) is 68.5 cm³/mol. The minimum Gasteiger partial charge on any atom is -0.490 e. The number of hydrogen-bond donors (Lipinski definition) is 1. The Bertz CT molecular complexity index is 422. The van der Waals surface area contributed by atoms with Gasteiger partial charge in [0.15, 0.2) is 11.5 Å². The molecule has 1 N–H and O–H groups in total. The molecule has 3 rings (SSSR count). The fraction of sp³-hybridized carbons (Fsp3) is 0.571. The largest absolute Gasteiger partial charge is 0.490 e. The van der Waals surface area contributed by atoms with Crippen LogP contribution in [0.5, 0.6) is 17.2 Å². The van der Waals surface area contributed by atoms with Crippen LogP contribution in [0.1, 0.15) is 13.3 Å². The number of nitrogens with one attached hydrogen (secondary N) is 1. The number of ether oxygens (including phenoxy) is 3. The van der Waals surface area contributed by atoms with E-state index in [4.69, 9.17) is 14.2 Å². The van der Waals surface area contributed by atoms with Gasteiger partial charge in [0, 0.05) is 18.5 Å². The summed E-state index contributed by atoms with van der Waals surface area (Å²) in [5, 5.41) is 3.38. The van der Waals surface area contributed by atoms with Crippen LogP contribution in [0.2, 0.25) is 0 Å². The molecule has 18 heavy (non-hydrogen) atoms. The van der Waals surface area contributed by atoms with Gasteiger partial charge in [0.25, 0.3) is 0 Å². The highest BCUT2D eigenvalue weighted by Gasteiger charge is 2.23. The second kappa shape index (κ2) is 5.06. The average Bonchev–Trinajstić information content (AvgIpc) is 2.41. The molecule has 4 heteroatoms. The van der Waals surface area contributed by atoms with E-state index in [1.54, 1.807) is 0 Å². The minimum atomic E-state index is 0.286. The molecule has 98 valence electrons. The summed E-state index contributed by atoms with van der Waals surface area (Å²) in [5.41, 5.74) is 0. The van der Waals surface area contributed by atoms with Gasteiger partial charge >= 0.3 is 0 Å². The van der Waals surface area contributed by atoms with Crippen LogP contribution < -0.4 is 19.5 Å². The average molecular weight is 249 g/mol. The van der Waals surface area contributed by atoms with Gasteiger partial charge in [0.2, 0.25) is 0 Å². The van der Waals surface area contributed by atoms with Crippen LogP contribution in [-0.2, 0) is 0 Å². The fourth-order valence-electron chi connectivity index (χ4n) is 2.44. The lowest BCUT2D eigenvalue weighted by Crippen LogP contribution is -2.41. The highest BCUT2D eigenvalue weighted by Crippen LogP contribution is 2.34. The highest BCUT2D eigenvalue weighted by atomic mass is 16.6. The molecule has 2 atom stereocenters. The lowest BCUT2D eigenvalue weighted by atomic mass is 9.98. The van der Waals surface area contributed by atoms with Crippen LogP contribution in [0.4, 0.5) is 0 Å². The lowest BCUT2D eigenvalue weighted by Gasteiger charge is -2.30. The van der Waals surface area contributed by atoms with Crippen LogP contribution >= 0.6 is 0 Å². The maximum Gasteiger partial charge on any atom is 0.165 e. The first-order valence-corrected chi connectivity index (χ1v) is 6.60. The molecule has 4 nitrogen and oxygen atoms in total. The Morgan fingerprint density at radius 1 is 1.22 bits per heavy atom. The second-order valence-corrected chi connectivity index (χ2v) is 4.93. The summed E-state index contributed by atoms with van der Waals surface area (Å²) >= 11 is 0. The summed E-state index contributed by atoms with van der Waals surface area (Å²) in [4.78, 5) is 0. The molecule has 0 saturated carbocycles. The number of fused-ring (bicyclic) bond motifs is 1. The monoisotopic (exact) mass is 249 g/mol. The van der Waals surface area contributed by atoms with Gasteiger partial charge in [-0.3, -0.25) is 0 Å². The third-order valence-corrected chi connectivity index (χ3v) is 3.51.